The van der Waals surface area contributed by atoms with Crippen molar-refractivity contribution in [2.45, 2.75) is 11.4 Å². The summed E-state index contributed by atoms with van der Waals surface area (Å²) in [5, 5.41) is 5.24. The highest BCUT2D eigenvalue weighted by Crippen LogP contribution is 2.14. The van der Waals surface area contributed by atoms with E-state index < -0.39 is 11.4 Å². The van der Waals surface area contributed by atoms with Crippen LogP contribution in [0.1, 0.15) is 6.42 Å². The van der Waals surface area contributed by atoms with E-state index in [1.54, 1.807) is 19.2 Å². The van der Waals surface area contributed by atoms with E-state index in [2.05, 4.69) is 15.1 Å². The predicted molar refractivity (Wildman–Crippen MR) is 70.9 cm³/mol. The average Bonchev–Trinajstić information content (AvgIpc) is 2.73. The monoisotopic (exact) mass is 298 g/mol. The summed E-state index contributed by atoms with van der Waals surface area (Å²) in [5.41, 5.74) is -0.332. The molecule has 1 aromatic heterocycles. The maximum Gasteiger partial charge on any atom is 0.441 e. The van der Waals surface area contributed by atoms with Gasteiger partial charge in [-0.05, 0) is 29.2 Å². The van der Waals surface area contributed by atoms with Crippen LogP contribution in [-0.4, -0.2) is 16.9 Å². The number of nitrogens with one attached hydrogen (secondary N) is 2. The molecule has 0 aliphatic carbocycles. The Morgan fingerprint density at radius 1 is 1.50 bits per heavy atom. The number of carbonyl (C=O) groups is 1. The summed E-state index contributed by atoms with van der Waals surface area (Å²) in [5.74, 6) is -0.409. The number of aryl methyl sites for hydroxylation is 1. The van der Waals surface area contributed by atoms with E-state index in [-0.39, 0.29) is 18.0 Å². The van der Waals surface area contributed by atoms with Crippen LogP contribution >= 0.6 is 11.8 Å². The Morgan fingerprint density at radius 3 is 2.90 bits per heavy atom. The lowest BCUT2D eigenvalue weighted by Crippen LogP contribution is -2.33. The molecule has 0 atom stereocenters. The third-order valence-electron chi connectivity index (χ3n) is 2.47. The van der Waals surface area contributed by atoms with Crippen LogP contribution in [0, 0.1) is 5.82 Å². The van der Waals surface area contributed by atoms with E-state index in [9.17, 15) is 14.0 Å². The molecular weight excluding hydrogens is 285 g/mol. The number of amides is 1. The molecule has 0 unspecified atom stereocenters. The second-order valence-electron chi connectivity index (χ2n) is 3.97. The average molecular weight is 298 g/mol. The first-order chi connectivity index (χ1) is 9.58. The van der Waals surface area contributed by atoms with E-state index in [0.29, 0.717) is 10.8 Å². The molecule has 0 fully saturated rings. The largest absolute Gasteiger partial charge is 0.441 e. The number of halogens is 1. The van der Waals surface area contributed by atoms with Gasteiger partial charge in [-0.15, -0.1) is 0 Å². The van der Waals surface area contributed by atoms with Crippen molar-refractivity contribution < 1.29 is 18.4 Å². The third-order valence-corrected chi connectivity index (χ3v) is 3.59. The van der Waals surface area contributed by atoms with Crippen LogP contribution in [0.3, 0.4) is 0 Å². The van der Waals surface area contributed by atoms with Crippen molar-refractivity contribution in [3.8, 4) is 0 Å². The smallest absolute Gasteiger partial charge is 0.324 e. The number of rotatable bonds is 5. The van der Waals surface area contributed by atoms with Gasteiger partial charge in [0, 0.05) is 12.2 Å². The molecule has 0 saturated carbocycles. The molecule has 0 spiro atoms. The topological polar surface area (TPSA) is 79.0 Å². The number of hydrogen-bond acceptors (Lipinski definition) is 4. The predicted octanol–water partition coefficient (Wildman–Crippen LogP) is 1.05. The number of nitrogens with zero attached hydrogens (tertiary/aromatic N) is 1. The highest BCUT2D eigenvalue weighted by Gasteiger charge is 2.18. The Kier molecular flexibility index (Phi) is 4.57. The molecule has 0 bridgehead atoms. The zero-order chi connectivity index (χ0) is 14.5. The first-order valence-electron chi connectivity index (χ1n) is 5.82. The number of para-hydroxylation sites is 1. The van der Waals surface area contributed by atoms with Crippen LogP contribution in [-0.2, 0) is 11.8 Å². The highest BCUT2D eigenvalue weighted by atomic mass is 32.2. The van der Waals surface area contributed by atoms with Crippen molar-refractivity contribution >= 4 is 23.4 Å². The Bertz CT molecular complexity index is 668. The van der Waals surface area contributed by atoms with E-state index in [1.165, 1.54) is 28.6 Å². The van der Waals surface area contributed by atoms with E-state index in [1.807, 2.05) is 0 Å². The van der Waals surface area contributed by atoms with Gasteiger partial charge < -0.3 is 5.32 Å². The number of benzene rings is 1. The van der Waals surface area contributed by atoms with E-state index >= 15 is 0 Å². The number of thioether (sulfide) groups is 1. The normalized spacial score (nSPS) is 10.5. The number of H-pyrrole nitrogens is 1. The van der Waals surface area contributed by atoms with Gasteiger partial charge in [0.2, 0.25) is 5.91 Å². The second kappa shape index (κ2) is 6.38. The number of anilines is 1. The van der Waals surface area contributed by atoms with Crippen molar-refractivity contribution in [2.75, 3.05) is 11.1 Å². The molecule has 1 heterocycles. The number of aromatic nitrogens is 2. The zero-order valence-electron chi connectivity index (χ0n) is 10.7. The van der Waals surface area contributed by atoms with Crippen LogP contribution in [0.4, 0.5) is 10.1 Å². The molecule has 0 aliphatic heterocycles. The van der Waals surface area contributed by atoms with Gasteiger partial charge in [-0.25, -0.2) is 9.18 Å². The van der Waals surface area contributed by atoms with E-state index in [4.69, 9.17) is 0 Å². The molecule has 106 valence electrons. The Balaban J connectivity index is 1.85. The van der Waals surface area contributed by atoms with Gasteiger partial charge in [-0.2, -0.15) is 0 Å². The van der Waals surface area contributed by atoms with Crippen molar-refractivity contribution in [1.29, 1.82) is 0 Å². The van der Waals surface area contributed by atoms with E-state index in [0.717, 1.165) is 0 Å². The molecule has 2 aromatic rings. The first-order valence-corrected chi connectivity index (χ1v) is 6.81. The van der Waals surface area contributed by atoms with Crippen molar-refractivity contribution in [2.24, 2.45) is 7.05 Å². The molecule has 2 rings (SSSR count). The minimum atomic E-state index is -0.480. The van der Waals surface area contributed by atoms with Gasteiger partial charge in [0.25, 0.3) is 0 Å². The summed E-state index contributed by atoms with van der Waals surface area (Å²) in [6.45, 7) is 0. The van der Waals surface area contributed by atoms with Gasteiger partial charge in [0.15, 0.2) is 7.05 Å². The number of hydrogen-bond donors (Lipinski definition) is 2. The minimum Gasteiger partial charge on any atom is -0.324 e. The fraction of sp³-hybridized carbons (Fsp3) is 0.250. The van der Waals surface area contributed by atoms with Crippen LogP contribution in [0.5, 0.6) is 0 Å². The van der Waals surface area contributed by atoms with Crippen LogP contribution in [0.2, 0.25) is 0 Å². The van der Waals surface area contributed by atoms with Crippen LogP contribution < -0.4 is 15.6 Å². The molecule has 8 heteroatoms. The summed E-state index contributed by atoms with van der Waals surface area (Å²) in [6.07, 6.45) is 0.156. The maximum absolute atomic E-state index is 13.3. The summed E-state index contributed by atoms with van der Waals surface area (Å²) >= 11 is 1.19. The standard InChI is InChI=1S/C12H12FN3O3S/c1-16-11(12(18)19-15-16)20-7-6-10(17)14-9-5-3-2-4-8(9)13/h2-5H,6-7H2,1H3,(H-,14,15,17,18)/p+1. The number of carbonyl (C=O) groups excluding carboxylic acids is 1. The molecule has 1 amide bonds. The Labute approximate surface area is 117 Å². The molecule has 0 radical (unpaired) electrons. The highest BCUT2D eigenvalue weighted by molar-refractivity contribution is 7.99. The Morgan fingerprint density at radius 2 is 2.25 bits per heavy atom. The van der Waals surface area contributed by atoms with Crippen molar-refractivity contribution in [3.05, 3.63) is 40.5 Å². The van der Waals surface area contributed by atoms with Gasteiger partial charge in [0.05, 0.1) is 5.69 Å². The summed E-state index contributed by atoms with van der Waals surface area (Å²) in [6, 6.07) is 5.95. The number of aromatic amines is 1. The molecule has 20 heavy (non-hydrogen) atoms. The van der Waals surface area contributed by atoms with Gasteiger partial charge in [-0.1, -0.05) is 16.8 Å². The van der Waals surface area contributed by atoms with Gasteiger partial charge in [-0.3, -0.25) is 9.32 Å². The molecule has 0 aliphatic rings. The summed E-state index contributed by atoms with van der Waals surface area (Å²) in [7, 11) is 1.63. The van der Waals surface area contributed by atoms with Gasteiger partial charge in [0.1, 0.15) is 5.82 Å². The van der Waals surface area contributed by atoms with Crippen molar-refractivity contribution in [3.63, 3.8) is 0 Å². The first kappa shape index (κ1) is 14.3. The fourth-order valence-electron chi connectivity index (χ4n) is 1.50. The minimum absolute atomic E-state index is 0.147. The second-order valence-corrected chi connectivity index (χ2v) is 5.06. The summed E-state index contributed by atoms with van der Waals surface area (Å²) < 4.78 is 19.3. The zero-order valence-corrected chi connectivity index (χ0v) is 11.5. The molecule has 0 saturated heterocycles. The molecule has 1 aromatic carbocycles. The lowest BCUT2D eigenvalue weighted by molar-refractivity contribution is -0.772. The fourth-order valence-corrected chi connectivity index (χ4v) is 2.37. The molecule has 2 N–H and O–H groups in total. The van der Waals surface area contributed by atoms with Crippen molar-refractivity contribution in [1.82, 2.24) is 5.27 Å². The summed E-state index contributed by atoms with van der Waals surface area (Å²) in [4.78, 5) is 22.9. The lowest BCUT2D eigenvalue weighted by atomic mass is 10.3. The maximum atomic E-state index is 13.3. The van der Waals surface area contributed by atoms with Crippen LogP contribution in [0.15, 0.2) is 38.6 Å². The SMILES string of the molecule is C[n+]1[nH]oc(=O)c1SCCC(=O)Nc1ccccc1F. The molecular formula is C12H13FN3O3S+. The molecule has 6 nitrogen and oxygen atoms in total. The lowest BCUT2D eigenvalue weighted by Gasteiger charge is -2.04. The van der Waals surface area contributed by atoms with Gasteiger partial charge >= 0.3 is 10.7 Å². The van der Waals surface area contributed by atoms with Crippen LogP contribution in [0.25, 0.3) is 0 Å². The quantitative estimate of drug-likeness (QED) is 0.639. The Hall–Kier alpha value is -2.09. The third kappa shape index (κ3) is 3.47.